The van der Waals surface area contributed by atoms with Gasteiger partial charge in [-0.05, 0) is 37.0 Å². The molecule has 0 atom stereocenters. The molecule has 1 aliphatic heterocycles. The molecule has 1 amide bonds. The fourth-order valence-corrected chi connectivity index (χ4v) is 3.88. The van der Waals surface area contributed by atoms with Crippen LogP contribution >= 0.6 is 0 Å². The lowest BCUT2D eigenvalue weighted by Gasteiger charge is -2.32. The number of carbonyl (C=O) groups is 1. The average molecular weight is 348 g/mol. The highest BCUT2D eigenvalue weighted by Gasteiger charge is 2.25. The first-order valence-electron chi connectivity index (χ1n) is 9.33. The number of amides is 1. The van der Waals surface area contributed by atoms with Gasteiger partial charge in [0.1, 0.15) is 11.3 Å². The Kier molecular flexibility index (Phi) is 4.69. The summed E-state index contributed by atoms with van der Waals surface area (Å²) in [6.45, 7) is 3.27. The van der Waals surface area contributed by atoms with Gasteiger partial charge >= 0.3 is 0 Å². The molecule has 0 saturated carbocycles. The van der Waals surface area contributed by atoms with Gasteiger partial charge in [-0.2, -0.15) is 0 Å². The van der Waals surface area contributed by atoms with Crippen LogP contribution in [-0.2, 0) is 17.6 Å². The van der Waals surface area contributed by atoms with Crippen molar-refractivity contribution in [1.29, 1.82) is 0 Å². The van der Waals surface area contributed by atoms with Crippen LogP contribution in [0, 0.1) is 0 Å². The number of hydrogen-bond acceptors (Lipinski definition) is 3. The van der Waals surface area contributed by atoms with E-state index < -0.39 is 0 Å². The molecule has 5 heteroatoms. The zero-order valence-electron chi connectivity index (χ0n) is 15.1. The summed E-state index contributed by atoms with van der Waals surface area (Å²) in [6.07, 6.45) is 5.62. The van der Waals surface area contributed by atoms with Gasteiger partial charge < -0.3 is 9.47 Å². The number of likely N-dealkylation sites (tertiary alicyclic amines) is 1. The van der Waals surface area contributed by atoms with Crippen molar-refractivity contribution in [3.05, 3.63) is 60.0 Å². The Morgan fingerprint density at radius 2 is 1.85 bits per heavy atom. The van der Waals surface area contributed by atoms with Gasteiger partial charge in [-0.3, -0.25) is 4.79 Å². The molecule has 0 radical (unpaired) electrons. The number of aryl methyl sites for hydroxylation is 2. The molecule has 2 aromatic heterocycles. The maximum Gasteiger partial charge on any atom is 0.219 e. The van der Waals surface area contributed by atoms with Crippen LogP contribution in [0.4, 0.5) is 0 Å². The molecule has 1 aliphatic rings. The largest absolute Gasteiger partial charge is 0.343 e. The summed E-state index contributed by atoms with van der Waals surface area (Å²) in [6, 6.07) is 14.9. The highest BCUT2D eigenvalue weighted by atomic mass is 16.2. The van der Waals surface area contributed by atoms with Crippen molar-refractivity contribution in [2.75, 3.05) is 13.1 Å². The summed E-state index contributed by atoms with van der Waals surface area (Å²) < 4.78 is 2.33. The quantitative estimate of drug-likeness (QED) is 0.726. The van der Waals surface area contributed by atoms with Gasteiger partial charge in [0, 0.05) is 38.7 Å². The number of nitrogens with zero attached hydrogens (tertiary/aromatic N) is 4. The normalized spacial score (nSPS) is 15.5. The smallest absolute Gasteiger partial charge is 0.219 e. The van der Waals surface area contributed by atoms with Gasteiger partial charge in [0.15, 0.2) is 5.65 Å². The SMILES string of the molecule is CC(=O)N1CCC(n2c(CCc3ccccc3)nc3cccnc32)CC1. The Labute approximate surface area is 153 Å². The van der Waals surface area contributed by atoms with Gasteiger partial charge in [-0.1, -0.05) is 30.3 Å². The molecule has 4 rings (SSSR count). The van der Waals surface area contributed by atoms with Crippen LogP contribution in [0.1, 0.15) is 37.2 Å². The number of pyridine rings is 1. The summed E-state index contributed by atoms with van der Waals surface area (Å²) in [4.78, 5) is 23.0. The minimum absolute atomic E-state index is 0.168. The van der Waals surface area contributed by atoms with Crippen molar-refractivity contribution in [3.63, 3.8) is 0 Å². The lowest BCUT2D eigenvalue weighted by atomic mass is 10.0. The second-order valence-corrected chi connectivity index (χ2v) is 6.97. The fourth-order valence-electron chi connectivity index (χ4n) is 3.88. The standard InChI is InChI=1S/C21H24N4O/c1-16(26)24-14-11-18(12-15-24)25-20(10-9-17-6-3-2-4-7-17)23-19-8-5-13-22-21(19)25/h2-8,13,18H,9-12,14-15H2,1H3. The molecule has 3 heterocycles. The van der Waals surface area contributed by atoms with Crippen molar-refractivity contribution < 1.29 is 4.79 Å². The first-order chi connectivity index (χ1) is 12.7. The predicted octanol–water partition coefficient (Wildman–Crippen LogP) is 3.40. The molecular formula is C21H24N4O. The summed E-state index contributed by atoms with van der Waals surface area (Å²) >= 11 is 0. The van der Waals surface area contributed by atoms with E-state index in [2.05, 4.69) is 33.8 Å². The van der Waals surface area contributed by atoms with E-state index in [-0.39, 0.29) is 5.91 Å². The van der Waals surface area contributed by atoms with E-state index in [4.69, 9.17) is 4.98 Å². The number of carbonyl (C=O) groups excluding carboxylic acids is 1. The van der Waals surface area contributed by atoms with Crippen LogP contribution < -0.4 is 0 Å². The number of aromatic nitrogens is 3. The van der Waals surface area contributed by atoms with Crippen molar-refractivity contribution in [2.45, 2.75) is 38.6 Å². The number of imidazole rings is 1. The van der Waals surface area contributed by atoms with Crippen LogP contribution in [0.5, 0.6) is 0 Å². The van der Waals surface area contributed by atoms with Gasteiger partial charge in [0.2, 0.25) is 5.91 Å². The van der Waals surface area contributed by atoms with E-state index in [0.717, 1.165) is 55.8 Å². The van der Waals surface area contributed by atoms with Crippen molar-refractivity contribution in [1.82, 2.24) is 19.4 Å². The number of hydrogen-bond donors (Lipinski definition) is 0. The van der Waals surface area contributed by atoms with Crippen molar-refractivity contribution in [3.8, 4) is 0 Å². The van der Waals surface area contributed by atoms with Gasteiger partial charge in [0.25, 0.3) is 0 Å². The number of benzene rings is 1. The van der Waals surface area contributed by atoms with Crippen LogP contribution in [-0.4, -0.2) is 38.4 Å². The molecule has 3 aromatic rings. The molecule has 0 aliphatic carbocycles. The van der Waals surface area contributed by atoms with E-state index in [1.54, 1.807) is 6.92 Å². The van der Waals surface area contributed by atoms with E-state index in [0.29, 0.717) is 6.04 Å². The summed E-state index contributed by atoms with van der Waals surface area (Å²) in [5.41, 5.74) is 3.26. The van der Waals surface area contributed by atoms with Crippen molar-refractivity contribution >= 4 is 17.1 Å². The Morgan fingerprint density at radius 3 is 2.58 bits per heavy atom. The van der Waals surface area contributed by atoms with Crippen LogP contribution in [0.2, 0.25) is 0 Å². The fraction of sp³-hybridized carbons (Fsp3) is 0.381. The number of fused-ring (bicyclic) bond motifs is 1. The maximum atomic E-state index is 11.6. The third-order valence-corrected chi connectivity index (χ3v) is 5.28. The van der Waals surface area contributed by atoms with E-state index in [1.165, 1.54) is 5.56 Å². The summed E-state index contributed by atoms with van der Waals surface area (Å²) in [5, 5.41) is 0. The third-order valence-electron chi connectivity index (χ3n) is 5.28. The summed E-state index contributed by atoms with van der Waals surface area (Å²) in [5.74, 6) is 1.27. The topological polar surface area (TPSA) is 51.0 Å². The molecule has 5 nitrogen and oxygen atoms in total. The van der Waals surface area contributed by atoms with E-state index in [9.17, 15) is 4.79 Å². The molecule has 1 fully saturated rings. The first-order valence-corrected chi connectivity index (χ1v) is 9.33. The lowest BCUT2D eigenvalue weighted by molar-refractivity contribution is -0.130. The van der Waals surface area contributed by atoms with Crippen molar-refractivity contribution in [2.24, 2.45) is 0 Å². The Balaban J connectivity index is 1.61. The van der Waals surface area contributed by atoms with Crippen LogP contribution in [0.3, 0.4) is 0 Å². The zero-order valence-corrected chi connectivity index (χ0v) is 15.1. The summed E-state index contributed by atoms with van der Waals surface area (Å²) in [7, 11) is 0. The molecule has 0 unspecified atom stereocenters. The molecule has 0 bridgehead atoms. The lowest BCUT2D eigenvalue weighted by Crippen LogP contribution is -2.38. The molecule has 0 spiro atoms. The van der Waals surface area contributed by atoms with Gasteiger partial charge in [-0.25, -0.2) is 9.97 Å². The molecule has 1 aromatic carbocycles. The third kappa shape index (κ3) is 3.34. The molecule has 26 heavy (non-hydrogen) atoms. The van der Waals surface area contributed by atoms with Gasteiger partial charge in [0.05, 0.1) is 0 Å². The predicted molar refractivity (Wildman–Crippen MR) is 102 cm³/mol. The van der Waals surface area contributed by atoms with Crippen LogP contribution in [0.25, 0.3) is 11.2 Å². The van der Waals surface area contributed by atoms with E-state index in [1.807, 2.05) is 29.3 Å². The first kappa shape index (κ1) is 16.8. The monoisotopic (exact) mass is 348 g/mol. The minimum atomic E-state index is 0.168. The molecule has 134 valence electrons. The number of piperidine rings is 1. The zero-order chi connectivity index (χ0) is 17.9. The Hall–Kier alpha value is -2.69. The Morgan fingerprint density at radius 1 is 1.08 bits per heavy atom. The Bertz CT molecular complexity index is 895. The highest BCUT2D eigenvalue weighted by Crippen LogP contribution is 2.28. The van der Waals surface area contributed by atoms with E-state index >= 15 is 0 Å². The second kappa shape index (κ2) is 7.28. The number of rotatable bonds is 4. The molecular weight excluding hydrogens is 324 g/mol. The minimum Gasteiger partial charge on any atom is -0.343 e. The molecule has 0 N–H and O–H groups in total. The molecule has 1 saturated heterocycles. The maximum absolute atomic E-state index is 11.6. The highest BCUT2D eigenvalue weighted by molar-refractivity contribution is 5.73. The van der Waals surface area contributed by atoms with Crippen LogP contribution in [0.15, 0.2) is 48.7 Å². The second-order valence-electron chi connectivity index (χ2n) is 6.97. The van der Waals surface area contributed by atoms with Gasteiger partial charge in [-0.15, -0.1) is 0 Å². The average Bonchev–Trinajstić information content (AvgIpc) is 3.05.